The van der Waals surface area contributed by atoms with Crippen molar-refractivity contribution in [3.8, 4) is 16.9 Å². The highest BCUT2D eigenvalue weighted by Crippen LogP contribution is 2.31. The Kier molecular flexibility index (Phi) is 6.55. The molecule has 1 aromatic heterocycles. The third-order valence-electron chi connectivity index (χ3n) is 4.90. The van der Waals surface area contributed by atoms with Gasteiger partial charge in [0.1, 0.15) is 11.6 Å². The van der Waals surface area contributed by atoms with Gasteiger partial charge in [0.05, 0.1) is 19.3 Å². The molecule has 4 rings (SSSR count). The largest absolute Gasteiger partial charge is 0.495 e. The van der Waals surface area contributed by atoms with Crippen LogP contribution in [0.4, 0.5) is 11.5 Å². The van der Waals surface area contributed by atoms with E-state index in [-0.39, 0.29) is 0 Å². The average Bonchev–Trinajstić information content (AvgIpc) is 2.84. The molecule has 1 N–H and O–H groups in total. The number of nitrogens with zero attached hydrogens (tertiary/aromatic N) is 2. The Labute approximate surface area is 188 Å². The number of methoxy groups -OCH3 is 1. The van der Waals surface area contributed by atoms with Gasteiger partial charge in [0.2, 0.25) is 0 Å². The zero-order valence-electron chi connectivity index (χ0n) is 17.2. The quantitative estimate of drug-likeness (QED) is 0.374. The van der Waals surface area contributed by atoms with Gasteiger partial charge in [0, 0.05) is 6.20 Å². The summed E-state index contributed by atoms with van der Waals surface area (Å²) in [6.07, 6.45) is 1.77. The molecule has 3 aromatic carbocycles. The van der Waals surface area contributed by atoms with E-state index >= 15 is 0 Å². The maximum absolute atomic E-state index is 5.83. The molecule has 0 unspecified atom stereocenters. The number of nitrogens with one attached hydrogen (secondary N) is 1. The van der Waals surface area contributed by atoms with Gasteiger partial charge in [-0.1, -0.05) is 72.8 Å². The first kappa shape index (κ1) is 20.6. The third kappa shape index (κ3) is 5.08. The fourth-order valence-electron chi connectivity index (χ4n) is 3.33. The maximum atomic E-state index is 5.83. The number of rotatable bonds is 6. The number of hydrogen-bond acceptors (Lipinski definition) is 3. The van der Waals surface area contributed by atoms with Crippen molar-refractivity contribution in [2.45, 2.75) is 6.54 Å². The molecule has 0 aliphatic carbocycles. The predicted octanol–water partition coefficient (Wildman–Crippen LogP) is 6.16. The van der Waals surface area contributed by atoms with E-state index in [0.717, 1.165) is 33.9 Å². The summed E-state index contributed by atoms with van der Waals surface area (Å²) in [6.45, 7) is 0.602. The second-order valence-corrected chi connectivity index (χ2v) is 7.36. The Morgan fingerprint density at radius 3 is 2.26 bits per heavy atom. The smallest absolute Gasteiger partial charge is 0.179 e. The number of anilines is 2. The third-order valence-corrected chi connectivity index (χ3v) is 5.23. The number of benzene rings is 3. The lowest BCUT2D eigenvalue weighted by Crippen LogP contribution is -2.35. The highest BCUT2D eigenvalue weighted by Gasteiger charge is 2.16. The minimum absolute atomic E-state index is 0.547. The summed E-state index contributed by atoms with van der Waals surface area (Å²) in [5.41, 5.74) is 4.16. The topological polar surface area (TPSA) is 37.4 Å². The molecule has 1 heterocycles. The van der Waals surface area contributed by atoms with Gasteiger partial charge in [-0.15, -0.1) is 0 Å². The van der Waals surface area contributed by atoms with Crippen LogP contribution in [0.15, 0.2) is 103 Å². The molecule has 0 bridgehead atoms. The molecule has 5 heteroatoms. The lowest BCUT2D eigenvalue weighted by Gasteiger charge is -2.26. The fourth-order valence-corrected chi connectivity index (χ4v) is 3.60. The molecule has 4 nitrogen and oxygen atoms in total. The van der Waals surface area contributed by atoms with Crippen molar-refractivity contribution in [3.05, 3.63) is 109 Å². The molecule has 0 radical (unpaired) electrons. The zero-order valence-corrected chi connectivity index (χ0v) is 18.0. The van der Waals surface area contributed by atoms with Crippen LogP contribution in [0.2, 0.25) is 0 Å². The van der Waals surface area contributed by atoms with Gasteiger partial charge in [-0.2, -0.15) is 0 Å². The molecule has 0 saturated heterocycles. The molecule has 0 aliphatic rings. The van der Waals surface area contributed by atoms with Gasteiger partial charge in [-0.25, -0.2) is 4.98 Å². The summed E-state index contributed by atoms with van der Waals surface area (Å²) in [6, 6.07) is 32.3. The predicted molar refractivity (Wildman–Crippen MR) is 132 cm³/mol. The number of aromatic nitrogens is 1. The van der Waals surface area contributed by atoms with Crippen molar-refractivity contribution in [2.75, 3.05) is 17.3 Å². The lowest BCUT2D eigenvalue weighted by atomic mass is 10.0. The minimum Gasteiger partial charge on any atom is -0.495 e. The molecular formula is C26H23N3OS. The summed E-state index contributed by atoms with van der Waals surface area (Å²) in [5.74, 6) is 1.50. The van der Waals surface area contributed by atoms with Crippen LogP contribution >= 0.6 is 12.2 Å². The van der Waals surface area contributed by atoms with Crippen LogP contribution in [0.25, 0.3) is 11.1 Å². The Morgan fingerprint density at radius 1 is 0.871 bits per heavy atom. The Morgan fingerprint density at radius 2 is 1.58 bits per heavy atom. The highest BCUT2D eigenvalue weighted by atomic mass is 32.1. The van der Waals surface area contributed by atoms with Gasteiger partial charge in [0.15, 0.2) is 5.11 Å². The monoisotopic (exact) mass is 425 g/mol. The fraction of sp³-hybridized carbons (Fsp3) is 0.0769. The van der Waals surface area contributed by atoms with E-state index in [2.05, 4.69) is 40.6 Å². The van der Waals surface area contributed by atoms with Gasteiger partial charge in [-0.3, -0.25) is 4.90 Å². The second-order valence-electron chi connectivity index (χ2n) is 6.97. The summed E-state index contributed by atoms with van der Waals surface area (Å²) in [7, 11) is 1.66. The molecule has 31 heavy (non-hydrogen) atoms. The van der Waals surface area contributed by atoms with Gasteiger partial charge in [0.25, 0.3) is 0 Å². The standard InChI is InChI=1S/C26H23N3OS/c1-30-24-16-15-22(21-12-6-3-7-13-21)18-23(24)28-26(31)29(25-14-8-9-17-27-25)19-20-10-4-2-5-11-20/h2-18H,19H2,1H3,(H,28,31). The van der Waals surface area contributed by atoms with E-state index in [1.807, 2.05) is 71.6 Å². The second kappa shape index (κ2) is 9.87. The molecule has 0 fully saturated rings. The number of ether oxygens (including phenoxy) is 1. The Bertz CT molecular complexity index is 1140. The summed E-state index contributed by atoms with van der Waals surface area (Å²) < 4.78 is 5.58. The maximum Gasteiger partial charge on any atom is 0.179 e. The molecule has 0 spiro atoms. The molecule has 4 aromatic rings. The number of pyridine rings is 1. The SMILES string of the molecule is COc1ccc(-c2ccccc2)cc1NC(=S)N(Cc1ccccc1)c1ccccn1. The summed E-state index contributed by atoms with van der Waals surface area (Å²) >= 11 is 5.83. The molecule has 0 saturated carbocycles. The minimum atomic E-state index is 0.547. The van der Waals surface area contributed by atoms with E-state index in [9.17, 15) is 0 Å². The average molecular weight is 426 g/mol. The van der Waals surface area contributed by atoms with Crippen molar-refractivity contribution in [1.29, 1.82) is 0 Å². The summed E-state index contributed by atoms with van der Waals surface area (Å²) in [5, 5.41) is 3.93. The lowest BCUT2D eigenvalue weighted by molar-refractivity contribution is 0.417. The first-order valence-corrected chi connectivity index (χ1v) is 10.4. The van der Waals surface area contributed by atoms with Gasteiger partial charge in [-0.05, 0) is 53.2 Å². The zero-order chi connectivity index (χ0) is 21.5. The highest BCUT2D eigenvalue weighted by molar-refractivity contribution is 7.80. The van der Waals surface area contributed by atoms with E-state index in [1.54, 1.807) is 13.3 Å². The molecule has 0 aliphatic heterocycles. The summed E-state index contributed by atoms with van der Waals surface area (Å²) in [4.78, 5) is 6.50. The van der Waals surface area contributed by atoms with Crippen LogP contribution in [0.5, 0.6) is 5.75 Å². The van der Waals surface area contributed by atoms with Crippen molar-refractivity contribution in [2.24, 2.45) is 0 Å². The van der Waals surface area contributed by atoms with Gasteiger partial charge >= 0.3 is 0 Å². The first-order chi connectivity index (χ1) is 15.2. The molecule has 0 atom stereocenters. The number of thiocarbonyl (C=S) groups is 1. The van der Waals surface area contributed by atoms with E-state index in [4.69, 9.17) is 17.0 Å². The normalized spacial score (nSPS) is 10.4. The van der Waals surface area contributed by atoms with Crippen LogP contribution in [-0.2, 0) is 6.54 Å². The Hall–Kier alpha value is -3.70. The molecular weight excluding hydrogens is 402 g/mol. The van der Waals surface area contributed by atoms with Crippen molar-refractivity contribution in [1.82, 2.24) is 4.98 Å². The van der Waals surface area contributed by atoms with Crippen LogP contribution in [-0.4, -0.2) is 17.2 Å². The van der Waals surface area contributed by atoms with Crippen LogP contribution in [0.3, 0.4) is 0 Å². The van der Waals surface area contributed by atoms with Gasteiger partial charge < -0.3 is 10.1 Å². The Balaban J connectivity index is 1.65. The van der Waals surface area contributed by atoms with Crippen LogP contribution < -0.4 is 15.0 Å². The van der Waals surface area contributed by atoms with Crippen molar-refractivity contribution in [3.63, 3.8) is 0 Å². The van der Waals surface area contributed by atoms with Crippen LogP contribution in [0.1, 0.15) is 5.56 Å². The van der Waals surface area contributed by atoms with E-state index in [0.29, 0.717) is 11.7 Å². The molecule has 154 valence electrons. The first-order valence-electron chi connectivity index (χ1n) is 10.0. The van der Waals surface area contributed by atoms with Crippen molar-refractivity contribution < 1.29 is 4.74 Å². The van der Waals surface area contributed by atoms with E-state index in [1.165, 1.54) is 0 Å². The number of hydrogen-bond donors (Lipinski definition) is 1. The van der Waals surface area contributed by atoms with E-state index < -0.39 is 0 Å². The van der Waals surface area contributed by atoms with Crippen LogP contribution in [0, 0.1) is 0 Å². The van der Waals surface area contributed by atoms with Crippen molar-refractivity contribution >= 4 is 28.8 Å². The molecule has 0 amide bonds.